The normalized spacial score (nSPS) is 46.9. The summed E-state index contributed by atoms with van der Waals surface area (Å²) in [7, 11) is 0. The van der Waals surface area contributed by atoms with Gasteiger partial charge < -0.3 is 19.7 Å². The second kappa shape index (κ2) is 4.69. The van der Waals surface area contributed by atoms with Gasteiger partial charge in [0.15, 0.2) is 0 Å². The Morgan fingerprint density at radius 1 is 1.55 bits per heavy atom. The number of aliphatic hydroxyl groups is 2. The Morgan fingerprint density at radius 3 is 3.00 bits per heavy atom. The van der Waals surface area contributed by atoms with Gasteiger partial charge in [-0.3, -0.25) is 0 Å². The van der Waals surface area contributed by atoms with Crippen molar-refractivity contribution in [3.05, 3.63) is 23.8 Å². The largest absolute Gasteiger partial charge is 0.455 e. The molecular formula is C15H20O5. The highest BCUT2D eigenvalue weighted by Crippen LogP contribution is 2.49. The molecule has 0 bridgehead atoms. The topological polar surface area (TPSA) is 79.3 Å². The van der Waals surface area contributed by atoms with Crippen LogP contribution in [-0.4, -0.2) is 46.7 Å². The third-order valence-corrected chi connectivity index (χ3v) is 4.66. The summed E-state index contributed by atoms with van der Waals surface area (Å²) < 4.78 is 11.1. The molecule has 2 saturated heterocycles. The lowest BCUT2D eigenvalue weighted by Crippen LogP contribution is -2.36. The molecular weight excluding hydrogens is 260 g/mol. The van der Waals surface area contributed by atoms with Crippen LogP contribution in [-0.2, 0) is 14.3 Å². The standard InChI is InChI=1S/C15H20O5/c1-8-11-10(17)6-9(7-16)4-3-5-15(2)13(20-15)12(11)19-14(8)18/h4,10-13,16-17H,1,3,5-7H2,2H3/b9-4+/t10-,11-,12+,13+,15+/m1/s1. The summed E-state index contributed by atoms with van der Waals surface area (Å²) in [6, 6.07) is 0. The molecule has 0 aromatic rings. The van der Waals surface area contributed by atoms with Crippen LogP contribution in [0.3, 0.4) is 0 Å². The highest BCUT2D eigenvalue weighted by atomic mass is 16.6. The van der Waals surface area contributed by atoms with E-state index >= 15 is 0 Å². The van der Waals surface area contributed by atoms with Crippen molar-refractivity contribution in [1.29, 1.82) is 0 Å². The maximum atomic E-state index is 11.7. The minimum absolute atomic E-state index is 0.0866. The lowest BCUT2D eigenvalue weighted by atomic mass is 9.82. The number of epoxide rings is 1. The van der Waals surface area contributed by atoms with E-state index in [0.717, 1.165) is 18.4 Å². The number of carbonyl (C=O) groups is 1. The van der Waals surface area contributed by atoms with Crippen molar-refractivity contribution >= 4 is 5.97 Å². The molecule has 5 nitrogen and oxygen atoms in total. The third-order valence-electron chi connectivity index (χ3n) is 4.66. The third kappa shape index (κ3) is 2.10. The van der Waals surface area contributed by atoms with Gasteiger partial charge >= 0.3 is 5.97 Å². The van der Waals surface area contributed by atoms with Crippen LogP contribution in [0.2, 0.25) is 0 Å². The molecule has 0 unspecified atom stereocenters. The van der Waals surface area contributed by atoms with Crippen LogP contribution in [0.1, 0.15) is 26.2 Å². The summed E-state index contributed by atoms with van der Waals surface area (Å²) in [4.78, 5) is 11.7. The predicted molar refractivity (Wildman–Crippen MR) is 70.8 cm³/mol. The van der Waals surface area contributed by atoms with Gasteiger partial charge in [-0.1, -0.05) is 12.7 Å². The smallest absolute Gasteiger partial charge is 0.334 e. The van der Waals surface area contributed by atoms with E-state index < -0.39 is 24.1 Å². The van der Waals surface area contributed by atoms with Gasteiger partial charge in [0.25, 0.3) is 0 Å². The number of hydrogen-bond acceptors (Lipinski definition) is 5. The average molecular weight is 280 g/mol. The van der Waals surface area contributed by atoms with Crippen LogP contribution in [0, 0.1) is 5.92 Å². The molecule has 3 aliphatic rings. The number of hydrogen-bond donors (Lipinski definition) is 2. The van der Waals surface area contributed by atoms with Crippen molar-refractivity contribution in [3.8, 4) is 0 Å². The highest BCUT2D eigenvalue weighted by molar-refractivity contribution is 5.91. The maximum Gasteiger partial charge on any atom is 0.334 e. The summed E-state index contributed by atoms with van der Waals surface area (Å²) in [5.41, 5.74) is 0.770. The Labute approximate surface area is 117 Å². The number of fused-ring (bicyclic) bond motifs is 3. The molecule has 1 aliphatic carbocycles. The summed E-state index contributed by atoms with van der Waals surface area (Å²) in [5.74, 6) is -0.909. The zero-order valence-corrected chi connectivity index (χ0v) is 11.5. The molecule has 2 heterocycles. The Hall–Kier alpha value is -1.17. The van der Waals surface area contributed by atoms with Gasteiger partial charge in [-0.2, -0.15) is 0 Å². The van der Waals surface area contributed by atoms with Gasteiger partial charge in [0.05, 0.1) is 24.2 Å². The minimum Gasteiger partial charge on any atom is -0.455 e. The van der Waals surface area contributed by atoms with E-state index in [1.807, 2.05) is 13.0 Å². The Morgan fingerprint density at radius 2 is 2.30 bits per heavy atom. The highest BCUT2D eigenvalue weighted by Gasteiger charge is 2.62. The average Bonchev–Trinajstić information content (AvgIpc) is 2.98. The van der Waals surface area contributed by atoms with Crippen molar-refractivity contribution in [2.75, 3.05) is 6.61 Å². The number of rotatable bonds is 1. The van der Waals surface area contributed by atoms with E-state index in [1.54, 1.807) is 0 Å². The van der Waals surface area contributed by atoms with Crippen molar-refractivity contribution < 1.29 is 24.5 Å². The molecule has 0 aromatic carbocycles. The van der Waals surface area contributed by atoms with E-state index in [-0.39, 0.29) is 18.3 Å². The van der Waals surface area contributed by atoms with Crippen LogP contribution < -0.4 is 0 Å². The van der Waals surface area contributed by atoms with E-state index in [9.17, 15) is 15.0 Å². The second-order valence-corrected chi connectivity index (χ2v) is 6.10. The summed E-state index contributed by atoms with van der Waals surface area (Å²) in [6.45, 7) is 5.65. The molecule has 0 amide bonds. The molecule has 110 valence electrons. The fraction of sp³-hybridized carbons (Fsp3) is 0.667. The first-order valence-corrected chi connectivity index (χ1v) is 7.00. The van der Waals surface area contributed by atoms with Gasteiger partial charge in [0.2, 0.25) is 0 Å². The summed E-state index contributed by atoms with van der Waals surface area (Å²) in [5, 5.41) is 19.8. The minimum atomic E-state index is -0.788. The van der Waals surface area contributed by atoms with Crippen LogP contribution >= 0.6 is 0 Å². The molecule has 3 rings (SSSR count). The SMILES string of the molecule is C=C1C(=O)O[C@H]2[C@H]1[C@H](O)C/C(CO)=C\CC[C@]1(C)O[C@@H]21. The van der Waals surface area contributed by atoms with Crippen LogP contribution in [0.15, 0.2) is 23.8 Å². The molecule has 2 fully saturated rings. The predicted octanol–water partition coefficient (Wildman–Crippen LogP) is 0.705. The molecule has 2 N–H and O–H groups in total. The Kier molecular flexibility index (Phi) is 3.23. The fourth-order valence-electron chi connectivity index (χ4n) is 3.35. The maximum absolute atomic E-state index is 11.7. The number of allylic oxidation sites excluding steroid dienone is 1. The fourth-order valence-corrected chi connectivity index (χ4v) is 3.35. The van der Waals surface area contributed by atoms with E-state index in [1.165, 1.54) is 0 Å². The molecule has 2 aliphatic heterocycles. The number of ether oxygens (including phenoxy) is 2. The first kappa shape index (κ1) is 13.8. The summed E-state index contributed by atoms with van der Waals surface area (Å²) in [6.07, 6.45) is 2.45. The van der Waals surface area contributed by atoms with Crippen molar-refractivity contribution in [3.63, 3.8) is 0 Å². The molecule has 0 saturated carbocycles. The molecule has 5 atom stereocenters. The van der Waals surface area contributed by atoms with E-state index in [4.69, 9.17) is 9.47 Å². The van der Waals surface area contributed by atoms with Crippen LogP contribution in [0.4, 0.5) is 0 Å². The van der Waals surface area contributed by atoms with Gasteiger partial charge in [0, 0.05) is 5.57 Å². The lowest BCUT2D eigenvalue weighted by Gasteiger charge is -2.24. The molecule has 0 radical (unpaired) electrons. The lowest BCUT2D eigenvalue weighted by molar-refractivity contribution is -0.140. The van der Waals surface area contributed by atoms with E-state index in [2.05, 4.69) is 6.58 Å². The Balaban J connectivity index is 1.92. The van der Waals surface area contributed by atoms with Gasteiger partial charge in [-0.15, -0.1) is 0 Å². The molecule has 5 heteroatoms. The van der Waals surface area contributed by atoms with Crippen molar-refractivity contribution in [2.45, 2.75) is 50.1 Å². The van der Waals surface area contributed by atoms with Crippen molar-refractivity contribution in [2.24, 2.45) is 5.92 Å². The number of aliphatic hydroxyl groups excluding tert-OH is 2. The van der Waals surface area contributed by atoms with Crippen molar-refractivity contribution in [1.82, 2.24) is 0 Å². The number of esters is 1. The zero-order chi connectivity index (χ0) is 14.5. The first-order valence-electron chi connectivity index (χ1n) is 7.00. The Bertz CT molecular complexity index is 483. The zero-order valence-electron chi connectivity index (χ0n) is 11.5. The van der Waals surface area contributed by atoms with Gasteiger partial charge in [-0.25, -0.2) is 4.79 Å². The molecule has 0 spiro atoms. The van der Waals surface area contributed by atoms with Crippen LogP contribution in [0.5, 0.6) is 0 Å². The van der Waals surface area contributed by atoms with E-state index in [0.29, 0.717) is 12.0 Å². The number of carbonyl (C=O) groups excluding carboxylic acids is 1. The van der Waals surface area contributed by atoms with Gasteiger partial charge in [0.1, 0.15) is 12.2 Å². The van der Waals surface area contributed by atoms with Crippen LogP contribution in [0.25, 0.3) is 0 Å². The van der Waals surface area contributed by atoms with Gasteiger partial charge in [-0.05, 0) is 31.8 Å². The first-order chi connectivity index (χ1) is 9.46. The second-order valence-electron chi connectivity index (χ2n) is 6.10. The quantitative estimate of drug-likeness (QED) is 0.320. The molecule has 0 aromatic heterocycles. The summed E-state index contributed by atoms with van der Waals surface area (Å²) >= 11 is 0. The monoisotopic (exact) mass is 280 g/mol. The molecule has 20 heavy (non-hydrogen) atoms.